The number of aliphatic hydroxyl groups excluding tert-OH is 1. The average molecular weight is 236 g/mol. The van der Waals surface area contributed by atoms with Crippen LogP contribution >= 0.6 is 27.3 Å². The highest BCUT2D eigenvalue weighted by Crippen LogP contribution is 2.29. The summed E-state index contributed by atoms with van der Waals surface area (Å²) >= 11 is 4.88. The lowest BCUT2D eigenvalue weighted by Gasteiger charge is -2.00. The summed E-state index contributed by atoms with van der Waals surface area (Å²) in [6, 6.07) is 0. The third-order valence-electron chi connectivity index (χ3n) is 1.38. The molecule has 4 heteroatoms. The highest BCUT2D eigenvalue weighted by molar-refractivity contribution is 9.11. The van der Waals surface area contributed by atoms with E-state index in [2.05, 4.69) is 34.8 Å². The van der Waals surface area contributed by atoms with Crippen LogP contribution in [0.25, 0.3) is 0 Å². The van der Waals surface area contributed by atoms with Gasteiger partial charge in [-0.3, -0.25) is 0 Å². The fourth-order valence-electron chi connectivity index (χ4n) is 0.898. The minimum absolute atomic E-state index is 0.0373. The summed E-state index contributed by atoms with van der Waals surface area (Å²) < 4.78 is 0.852. The van der Waals surface area contributed by atoms with E-state index in [1.54, 1.807) is 11.3 Å². The minimum atomic E-state index is 0.0373. The summed E-state index contributed by atoms with van der Waals surface area (Å²) in [5.41, 5.74) is 0.803. The van der Waals surface area contributed by atoms with Gasteiger partial charge < -0.3 is 5.11 Å². The van der Waals surface area contributed by atoms with Crippen LogP contribution in [0.3, 0.4) is 0 Å². The molecule has 11 heavy (non-hydrogen) atoms. The molecule has 0 amide bonds. The molecule has 0 bridgehead atoms. The maximum atomic E-state index is 8.90. The van der Waals surface area contributed by atoms with E-state index < -0.39 is 0 Å². The first-order valence-electron chi connectivity index (χ1n) is 3.41. The van der Waals surface area contributed by atoms with Crippen molar-refractivity contribution in [2.45, 2.75) is 26.4 Å². The predicted molar refractivity (Wildman–Crippen MR) is 49.8 cm³/mol. The largest absolute Gasteiger partial charge is 0.390 e. The predicted octanol–water partition coefficient (Wildman–Crippen LogP) is 2.52. The lowest BCUT2D eigenvalue weighted by Crippen LogP contribution is -1.91. The van der Waals surface area contributed by atoms with Gasteiger partial charge in [-0.25, -0.2) is 4.98 Å². The van der Waals surface area contributed by atoms with Crippen LogP contribution in [0.15, 0.2) is 3.92 Å². The van der Waals surface area contributed by atoms with Gasteiger partial charge in [-0.2, -0.15) is 0 Å². The van der Waals surface area contributed by atoms with Crippen molar-refractivity contribution >= 4 is 27.3 Å². The maximum Gasteiger partial charge on any atom is 0.159 e. The second-order valence-corrected chi connectivity index (χ2v) is 4.90. The van der Waals surface area contributed by atoms with Gasteiger partial charge in [0.15, 0.2) is 3.92 Å². The number of aromatic nitrogens is 1. The van der Waals surface area contributed by atoms with E-state index >= 15 is 0 Å². The van der Waals surface area contributed by atoms with E-state index in [1.807, 2.05) is 0 Å². The normalized spacial score (nSPS) is 11.0. The van der Waals surface area contributed by atoms with E-state index in [-0.39, 0.29) is 6.61 Å². The van der Waals surface area contributed by atoms with Crippen LogP contribution in [0.5, 0.6) is 0 Å². The Bertz CT molecular complexity index is 247. The van der Waals surface area contributed by atoms with Gasteiger partial charge in [0, 0.05) is 4.88 Å². The van der Waals surface area contributed by atoms with Crippen molar-refractivity contribution in [1.29, 1.82) is 0 Å². The van der Waals surface area contributed by atoms with E-state index in [4.69, 9.17) is 5.11 Å². The summed E-state index contributed by atoms with van der Waals surface area (Å²) in [7, 11) is 0. The van der Waals surface area contributed by atoms with Crippen LogP contribution in [0.1, 0.15) is 30.3 Å². The van der Waals surface area contributed by atoms with E-state index in [9.17, 15) is 0 Å². The van der Waals surface area contributed by atoms with Gasteiger partial charge in [0.2, 0.25) is 0 Å². The number of hydrogen-bond donors (Lipinski definition) is 1. The van der Waals surface area contributed by atoms with E-state index in [1.165, 1.54) is 4.88 Å². The number of nitrogens with zero attached hydrogens (tertiary/aromatic N) is 1. The van der Waals surface area contributed by atoms with Gasteiger partial charge in [-0.15, -0.1) is 11.3 Å². The lowest BCUT2D eigenvalue weighted by molar-refractivity contribution is 0.276. The molecular formula is C7H10BrNOS. The number of halogens is 1. The molecular weight excluding hydrogens is 226 g/mol. The van der Waals surface area contributed by atoms with Crippen molar-refractivity contribution in [1.82, 2.24) is 4.98 Å². The number of hydrogen-bond acceptors (Lipinski definition) is 3. The molecule has 0 saturated heterocycles. The zero-order chi connectivity index (χ0) is 8.43. The van der Waals surface area contributed by atoms with Gasteiger partial charge in [0.1, 0.15) is 0 Å². The molecule has 0 aliphatic heterocycles. The molecule has 0 saturated carbocycles. The summed E-state index contributed by atoms with van der Waals surface area (Å²) in [5.74, 6) is 0.445. The first-order chi connectivity index (χ1) is 5.15. The molecule has 1 heterocycles. The lowest BCUT2D eigenvalue weighted by atomic mass is 10.1. The minimum Gasteiger partial charge on any atom is -0.390 e. The van der Waals surface area contributed by atoms with Gasteiger partial charge in [-0.1, -0.05) is 13.8 Å². The molecule has 0 aliphatic rings. The quantitative estimate of drug-likeness (QED) is 0.855. The molecule has 0 spiro atoms. The van der Waals surface area contributed by atoms with Crippen LogP contribution in [0, 0.1) is 0 Å². The second-order valence-electron chi connectivity index (χ2n) is 2.59. The van der Waals surface area contributed by atoms with E-state index in [0.29, 0.717) is 5.92 Å². The molecule has 0 fully saturated rings. The third kappa shape index (κ3) is 2.01. The molecule has 62 valence electrons. The zero-order valence-electron chi connectivity index (χ0n) is 6.47. The molecule has 1 aromatic rings. The standard InChI is InChI=1S/C7H10BrNOS/c1-4(2)6-5(3-10)9-7(8)11-6/h4,10H,3H2,1-2H3. The van der Waals surface area contributed by atoms with E-state index in [0.717, 1.165) is 9.61 Å². The number of rotatable bonds is 2. The van der Waals surface area contributed by atoms with Crippen molar-refractivity contribution in [3.63, 3.8) is 0 Å². The Labute approximate surface area is 78.4 Å². The average Bonchev–Trinajstić information content (AvgIpc) is 2.30. The molecule has 0 aliphatic carbocycles. The Balaban J connectivity index is 3.02. The van der Waals surface area contributed by atoms with Crippen LogP contribution in [-0.4, -0.2) is 10.1 Å². The molecule has 1 N–H and O–H groups in total. The Morgan fingerprint density at radius 2 is 2.27 bits per heavy atom. The fraction of sp³-hybridized carbons (Fsp3) is 0.571. The van der Waals surface area contributed by atoms with Crippen LogP contribution in [0.2, 0.25) is 0 Å². The van der Waals surface area contributed by atoms with Crippen LogP contribution < -0.4 is 0 Å². The fourth-order valence-corrected chi connectivity index (χ4v) is 2.44. The van der Waals surface area contributed by atoms with Crippen molar-refractivity contribution in [3.8, 4) is 0 Å². The van der Waals surface area contributed by atoms with Crippen LogP contribution in [-0.2, 0) is 6.61 Å². The van der Waals surface area contributed by atoms with Crippen molar-refractivity contribution in [2.75, 3.05) is 0 Å². The summed E-state index contributed by atoms with van der Waals surface area (Å²) in [6.07, 6.45) is 0. The molecule has 1 aromatic heterocycles. The van der Waals surface area contributed by atoms with Gasteiger partial charge >= 0.3 is 0 Å². The molecule has 0 aromatic carbocycles. The molecule has 0 unspecified atom stereocenters. The summed E-state index contributed by atoms with van der Waals surface area (Å²) in [6.45, 7) is 4.23. The topological polar surface area (TPSA) is 33.1 Å². The summed E-state index contributed by atoms with van der Waals surface area (Å²) in [4.78, 5) is 5.30. The Kier molecular flexibility index (Phi) is 3.04. The number of thiazole rings is 1. The zero-order valence-corrected chi connectivity index (χ0v) is 8.87. The Morgan fingerprint density at radius 3 is 2.64 bits per heavy atom. The Hall–Kier alpha value is 0.0700. The SMILES string of the molecule is CC(C)c1sc(Br)nc1CO. The first-order valence-corrected chi connectivity index (χ1v) is 5.02. The maximum absolute atomic E-state index is 8.90. The molecule has 2 nitrogen and oxygen atoms in total. The van der Waals surface area contributed by atoms with Crippen molar-refractivity contribution in [3.05, 3.63) is 14.5 Å². The second kappa shape index (κ2) is 3.65. The van der Waals surface area contributed by atoms with Gasteiger partial charge in [0.25, 0.3) is 0 Å². The molecule has 0 atom stereocenters. The number of aliphatic hydroxyl groups is 1. The van der Waals surface area contributed by atoms with Gasteiger partial charge in [-0.05, 0) is 21.8 Å². The highest BCUT2D eigenvalue weighted by atomic mass is 79.9. The van der Waals surface area contributed by atoms with Crippen molar-refractivity contribution in [2.24, 2.45) is 0 Å². The molecule has 0 radical (unpaired) electrons. The first kappa shape index (κ1) is 9.16. The highest BCUT2D eigenvalue weighted by Gasteiger charge is 2.11. The Morgan fingerprint density at radius 1 is 1.64 bits per heavy atom. The smallest absolute Gasteiger partial charge is 0.159 e. The van der Waals surface area contributed by atoms with Gasteiger partial charge in [0.05, 0.1) is 12.3 Å². The van der Waals surface area contributed by atoms with Crippen molar-refractivity contribution < 1.29 is 5.11 Å². The third-order valence-corrected chi connectivity index (χ3v) is 3.23. The summed E-state index contributed by atoms with van der Waals surface area (Å²) in [5, 5.41) is 8.90. The van der Waals surface area contributed by atoms with Crippen LogP contribution in [0.4, 0.5) is 0 Å². The monoisotopic (exact) mass is 235 g/mol. The molecule has 1 rings (SSSR count).